The highest BCUT2D eigenvalue weighted by molar-refractivity contribution is 14.0. The standard InChI is InChI=1S/C15H25N7S.HI/c1-4-16-15(18-9-14-21-12(2)13(3)23-14)17-7-5-6-8-22-10-19-20-11-22;/h10-11H,4-9H2,1-3H3,(H2,16,17,18);1H. The summed E-state index contributed by atoms with van der Waals surface area (Å²) >= 11 is 1.72. The maximum atomic E-state index is 4.60. The van der Waals surface area contributed by atoms with Crippen molar-refractivity contribution in [3.63, 3.8) is 0 Å². The van der Waals surface area contributed by atoms with E-state index in [1.807, 2.05) is 11.5 Å². The molecular formula is C15H26IN7S. The third kappa shape index (κ3) is 7.12. The van der Waals surface area contributed by atoms with E-state index in [-0.39, 0.29) is 24.0 Å². The predicted molar refractivity (Wildman–Crippen MR) is 109 cm³/mol. The van der Waals surface area contributed by atoms with Crippen LogP contribution in [0, 0.1) is 13.8 Å². The van der Waals surface area contributed by atoms with Crippen LogP contribution >= 0.6 is 35.3 Å². The van der Waals surface area contributed by atoms with E-state index in [1.165, 1.54) is 4.88 Å². The van der Waals surface area contributed by atoms with Gasteiger partial charge >= 0.3 is 0 Å². The molecule has 0 amide bonds. The fraction of sp³-hybridized carbons (Fsp3) is 0.600. The first kappa shape index (κ1) is 20.8. The molecule has 0 saturated heterocycles. The molecule has 0 saturated carbocycles. The highest BCUT2D eigenvalue weighted by atomic mass is 127. The number of aliphatic imine (C=N–C) groups is 1. The number of guanidine groups is 1. The van der Waals surface area contributed by atoms with Crippen LogP contribution in [0.1, 0.15) is 35.3 Å². The third-order valence-electron chi connectivity index (χ3n) is 3.39. The summed E-state index contributed by atoms with van der Waals surface area (Å²) in [6.07, 6.45) is 5.64. The molecule has 2 heterocycles. The molecule has 0 fully saturated rings. The zero-order chi connectivity index (χ0) is 16.5. The lowest BCUT2D eigenvalue weighted by Crippen LogP contribution is -2.37. The molecule has 0 atom stereocenters. The summed E-state index contributed by atoms with van der Waals surface area (Å²) in [4.78, 5) is 10.4. The number of hydrogen-bond donors (Lipinski definition) is 2. The van der Waals surface area contributed by atoms with Gasteiger partial charge in [-0.15, -0.1) is 45.5 Å². The van der Waals surface area contributed by atoms with Gasteiger partial charge in [0.2, 0.25) is 0 Å². The SMILES string of the molecule is CCNC(=NCc1nc(C)c(C)s1)NCCCCn1cnnc1.I. The summed E-state index contributed by atoms with van der Waals surface area (Å²) in [6.45, 7) is 9.51. The van der Waals surface area contributed by atoms with Crippen molar-refractivity contribution in [1.29, 1.82) is 0 Å². The summed E-state index contributed by atoms with van der Waals surface area (Å²) in [6, 6.07) is 0. The van der Waals surface area contributed by atoms with Gasteiger partial charge in [0.05, 0.1) is 12.2 Å². The first-order valence-electron chi connectivity index (χ1n) is 7.96. The molecule has 0 aliphatic rings. The second-order valence-electron chi connectivity index (χ2n) is 5.28. The monoisotopic (exact) mass is 463 g/mol. The van der Waals surface area contributed by atoms with Crippen molar-refractivity contribution >= 4 is 41.3 Å². The maximum absolute atomic E-state index is 4.60. The molecule has 0 spiro atoms. The van der Waals surface area contributed by atoms with Gasteiger partial charge in [-0.3, -0.25) is 0 Å². The van der Waals surface area contributed by atoms with E-state index in [0.29, 0.717) is 6.54 Å². The van der Waals surface area contributed by atoms with Crippen LogP contribution in [0.5, 0.6) is 0 Å². The van der Waals surface area contributed by atoms with Crippen molar-refractivity contribution in [3.8, 4) is 0 Å². The van der Waals surface area contributed by atoms with Crippen LogP contribution in [-0.2, 0) is 13.1 Å². The van der Waals surface area contributed by atoms with Gasteiger partial charge in [0, 0.05) is 24.5 Å². The van der Waals surface area contributed by atoms with Crippen molar-refractivity contribution in [2.45, 2.75) is 46.7 Å². The van der Waals surface area contributed by atoms with E-state index < -0.39 is 0 Å². The van der Waals surface area contributed by atoms with Crippen LogP contribution < -0.4 is 10.6 Å². The fourth-order valence-electron chi connectivity index (χ4n) is 2.06. The minimum absolute atomic E-state index is 0. The third-order valence-corrected chi connectivity index (χ3v) is 4.45. The molecule has 2 rings (SSSR count). The smallest absolute Gasteiger partial charge is 0.191 e. The van der Waals surface area contributed by atoms with Gasteiger partial charge in [-0.2, -0.15) is 0 Å². The molecule has 2 aromatic rings. The fourth-order valence-corrected chi connectivity index (χ4v) is 2.92. The summed E-state index contributed by atoms with van der Waals surface area (Å²) < 4.78 is 1.99. The Bertz CT molecular complexity index is 590. The number of aromatic nitrogens is 4. The van der Waals surface area contributed by atoms with E-state index in [4.69, 9.17) is 0 Å². The normalized spacial score (nSPS) is 11.2. The lowest BCUT2D eigenvalue weighted by atomic mass is 10.3. The summed E-state index contributed by atoms with van der Waals surface area (Å²) in [5.74, 6) is 0.849. The second-order valence-corrected chi connectivity index (χ2v) is 6.57. The number of halogens is 1. The number of unbranched alkanes of at least 4 members (excludes halogenated alkanes) is 1. The molecular weight excluding hydrogens is 437 g/mol. The minimum atomic E-state index is 0. The summed E-state index contributed by atoms with van der Waals surface area (Å²) in [7, 11) is 0. The first-order valence-corrected chi connectivity index (χ1v) is 8.78. The van der Waals surface area contributed by atoms with Crippen LogP contribution in [0.3, 0.4) is 0 Å². The van der Waals surface area contributed by atoms with Gasteiger partial charge in [0.15, 0.2) is 5.96 Å². The van der Waals surface area contributed by atoms with Crippen molar-refractivity contribution in [2.24, 2.45) is 4.99 Å². The zero-order valence-corrected chi connectivity index (χ0v) is 17.6. The van der Waals surface area contributed by atoms with Crippen molar-refractivity contribution in [3.05, 3.63) is 28.2 Å². The number of aryl methyl sites for hydroxylation is 3. The molecule has 0 radical (unpaired) electrons. The lowest BCUT2D eigenvalue weighted by Gasteiger charge is -2.10. The van der Waals surface area contributed by atoms with Crippen molar-refractivity contribution in [2.75, 3.05) is 13.1 Å². The molecule has 0 unspecified atom stereocenters. The Morgan fingerprint density at radius 3 is 2.58 bits per heavy atom. The Morgan fingerprint density at radius 2 is 1.96 bits per heavy atom. The Balaban J connectivity index is 0.00000288. The number of thiazole rings is 1. The van der Waals surface area contributed by atoms with E-state index in [0.717, 1.165) is 49.1 Å². The molecule has 0 aliphatic carbocycles. The zero-order valence-electron chi connectivity index (χ0n) is 14.4. The molecule has 9 heteroatoms. The molecule has 0 aliphatic heterocycles. The molecule has 2 aromatic heterocycles. The molecule has 24 heavy (non-hydrogen) atoms. The van der Waals surface area contributed by atoms with Crippen LogP contribution in [-0.4, -0.2) is 38.8 Å². The quantitative estimate of drug-likeness (QED) is 0.272. The Kier molecular flexibility index (Phi) is 9.84. The van der Waals surface area contributed by atoms with Crippen molar-refractivity contribution in [1.82, 2.24) is 30.4 Å². The Morgan fingerprint density at radius 1 is 1.21 bits per heavy atom. The minimum Gasteiger partial charge on any atom is -0.357 e. The van der Waals surface area contributed by atoms with Gasteiger partial charge in [0.25, 0.3) is 0 Å². The largest absolute Gasteiger partial charge is 0.357 e. The van der Waals surface area contributed by atoms with Crippen LogP contribution in [0.25, 0.3) is 0 Å². The highest BCUT2D eigenvalue weighted by Crippen LogP contribution is 2.16. The van der Waals surface area contributed by atoms with Crippen LogP contribution in [0.4, 0.5) is 0 Å². The Labute approximate surface area is 164 Å². The number of hydrogen-bond acceptors (Lipinski definition) is 5. The summed E-state index contributed by atoms with van der Waals surface area (Å²) in [5.41, 5.74) is 1.10. The van der Waals surface area contributed by atoms with Gasteiger partial charge < -0.3 is 15.2 Å². The average molecular weight is 463 g/mol. The maximum Gasteiger partial charge on any atom is 0.191 e. The molecule has 2 N–H and O–H groups in total. The van der Waals surface area contributed by atoms with E-state index >= 15 is 0 Å². The molecule has 0 bridgehead atoms. The predicted octanol–water partition coefficient (Wildman–Crippen LogP) is 2.50. The lowest BCUT2D eigenvalue weighted by molar-refractivity contribution is 0.598. The van der Waals surface area contributed by atoms with Crippen molar-refractivity contribution < 1.29 is 0 Å². The van der Waals surface area contributed by atoms with Gasteiger partial charge in [-0.25, -0.2) is 9.98 Å². The topological polar surface area (TPSA) is 80.0 Å². The van der Waals surface area contributed by atoms with Gasteiger partial charge in [-0.1, -0.05) is 0 Å². The van der Waals surface area contributed by atoms with Crippen LogP contribution in [0.2, 0.25) is 0 Å². The number of rotatable bonds is 8. The van der Waals surface area contributed by atoms with E-state index in [1.54, 1.807) is 24.0 Å². The van der Waals surface area contributed by atoms with Gasteiger partial charge in [-0.05, 0) is 33.6 Å². The number of nitrogens with one attached hydrogen (secondary N) is 2. The van der Waals surface area contributed by atoms with E-state index in [9.17, 15) is 0 Å². The van der Waals surface area contributed by atoms with Gasteiger partial charge in [0.1, 0.15) is 17.7 Å². The highest BCUT2D eigenvalue weighted by Gasteiger charge is 2.03. The van der Waals surface area contributed by atoms with E-state index in [2.05, 4.69) is 44.7 Å². The Hall–Kier alpha value is -1.23. The first-order chi connectivity index (χ1) is 11.2. The molecule has 134 valence electrons. The molecule has 0 aromatic carbocycles. The number of nitrogens with zero attached hydrogens (tertiary/aromatic N) is 5. The second kappa shape index (κ2) is 11.3. The van der Waals surface area contributed by atoms with Crippen LogP contribution in [0.15, 0.2) is 17.6 Å². The molecule has 7 nitrogen and oxygen atoms in total. The summed E-state index contributed by atoms with van der Waals surface area (Å²) in [5, 5.41) is 15.3. The average Bonchev–Trinajstić information content (AvgIpc) is 3.15.